The number of rotatable bonds is 7. The topological polar surface area (TPSA) is 33.7 Å². The number of halogens is 2. The molecule has 0 saturated carbocycles. The van der Waals surface area contributed by atoms with Gasteiger partial charge in [-0.05, 0) is 60.2 Å². The Bertz CT molecular complexity index is 973. The largest absolute Gasteiger partial charge is 0.489 e. The first-order valence-corrected chi connectivity index (χ1v) is 10.8. The van der Waals surface area contributed by atoms with Gasteiger partial charge >= 0.3 is 0 Å². The lowest BCUT2D eigenvalue weighted by atomic mass is 10.2. The molecule has 1 aliphatic heterocycles. The quantitative estimate of drug-likeness (QED) is 0.484. The van der Waals surface area contributed by atoms with Crippen LogP contribution in [-0.4, -0.2) is 26.3 Å². The van der Waals surface area contributed by atoms with Gasteiger partial charge in [-0.1, -0.05) is 35.3 Å². The van der Waals surface area contributed by atoms with Crippen LogP contribution in [0.4, 0.5) is 11.4 Å². The van der Waals surface area contributed by atoms with Crippen LogP contribution in [0.25, 0.3) is 0 Å². The molecular weight excluding hydrogens is 419 g/mol. The lowest BCUT2D eigenvalue weighted by molar-refractivity contribution is 0.122. The van der Waals surface area contributed by atoms with Gasteiger partial charge in [0.15, 0.2) is 0 Å². The van der Waals surface area contributed by atoms with Crippen LogP contribution >= 0.6 is 23.2 Å². The average Bonchev–Trinajstić information content (AvgIpc) is 2.78. The molecular formula is C24H24Cl2N2O2. The molecule has 30 heavy (non-hydrogen) atoms. The number of nitrogens with one attached hydrogen (secondary N) is 1. The van der Waals surface area contributed by atoms with E-state index in [4.69, 9.17) is 32.7 Å². The molecule has 0 bridgehead atoms. The van der Waals surface area contributed by atoms with Gasteiger partial charge in [-0.25, -0.2) is 0 Å². The zero-order chi connectivity index (χ0) is 20.8. The molecule has 0 atom stereocenters. The van der Waals surface area contributed by atoms with Crippen molar-refractivity contribution in [3.05, 3.63) is 87.9 Å². The van der Waals surface area contributed by atoms with Crippen molar-refractivity contribution >= 4 is 34.6 Å². The monoisotopic (exact) mass is 442 g/mol. The molecule has 156 valence electrons. The number of nitrogens with zero attached hydrogens (tertiary/aromatic N) is 1. The van der Waals surface area contributed by atoms with Gasteiger partial charge in [-0.2, -0.15) is 0 Å². The number of hydrogen-bond acceptors (Lipinski definition) is 4. The predicted molar refractivity (Wildman–Crippen MR) is 124 cm³/mol. The van der Waals surface area contributed by atoms with Crippen molar-refractivity contribution in [3.63, 3.8) is 0 Å². The van der Waals surface area contributed by atoms with E-state index < -0.39 is 0 Å². The van der Waals surface area contributed by atoms with E-state index in [9.17, 15) is 0 Å². The first-order valence-electron chi connectivity index (χ1n) is 10.00. The molecule has 0 radical (unpaired) electrons. The summed E-state index contributed by atoms with van der Waals surface area (Å²) in [6.07, 6.45) is 0. The second-order valence-corrected chi connectivity index (χ2v) is 8.04. The van der Waals surface area contributed by atoms with Gasteiger partial charge in [0.2, 0.25) is 0 Å². The highest BCUT2D eigenvalue weighted by molar-refractivity contribution is 6.30. The minimum atomic E-state index is 0.448. The maximum atomic E-state index is 6.23. The summed E-state index contributed by atoms with van der Waals surface area (Å²) in [5.74, 6) is 0.803. The molecule has 1 aliphatic rings. The third kappa shape index (κ3) is 5.60. The Hall–Kier alpha value is -2.40. The fourth-order valence-corrected chi connectivity index (χ4v) is 3.83. The maximum absolute atomic E-state index is 6.23. The number of ether oxygens (including phenoxy) is 2. The fraction of sp³-hybridized carbons (Fsp3) is 0.250. The predicted octanol–water partition coefficient (Wildman–Crippen LogP) is 6.02. The second-order valence-electron chi connectivity index (χ2n) is 7.17. The van der Waals surface area contributed by atoms with E-state index in [0.29, 0.717) is 23.2 Å². The standard InChI is InChI=1S/C24H24Cl2N2O2/c25-20-3-1-2-18(14-20)17-30-24-9-4-21(26)15-19(24)16-27-22-5-7-23(8-6-22)28-10-12-29-13-11-28/h1-9,14-15,27H,10-13,16-17H2. The summed E-state index contributed by atoms with van der Waals surface area (Å²) in [4.78, 5) is 2.34. The molecule has 0 aromatic heterocycles. The van der Waals surface area contributed by atoms with Gasteiger partial charge in [0, 0.05) is 46.6 Å². The van der Waals surface area contributed by atoms with E-state index in [1.165, 1.54) is 5.69 Å². The summed E-state index contributed by atoms with van der Waals surface area (Å²) in [6, 6.07) is 21.8. The van der Waals surface area contributed by atoms with Crippen LogP contribution in [0.3, 0.4) is 0 Å². The summed E-state index contributed by atoms with van der Waals surface area (Å²) in [5, 5.41) is 4.85. The number of hydrogen-bond donors (Lipinski definition) is 1. The van der Waals surface area contributed by atoms with Crippen LogP contribution in [0.1, 0.15) is 11.1 Å². The van der Waals surface area contributed by atoms with Crippen LogP contribution in [0.2, 0.25) is 10.0 Å². The third-order valence-corrected chi connectivity index (χ3v) is 5.50. The van der Waals surface area contributed by atoms with E-state index in [-0.39, 0.29) is 0 Å². The van der Waals surface area contributed by atoms with Crippen LogP contribution in [0.5, 0.6) is 5.75 Å². The molecule has 0 amide bonds. The Morgan fingerprint density at radius 3 is 2.43 bits per heavy atom. The summed E-state index contributed by atoms with van der Waals surface area (Å²) < 4.78 is 11.5. The maximum Gasteiger partial charge on any atom is 0.124 e. The van der Waals surface area contributed by atoms with Crippen molar-refractivity contribution in [2.75, 3.05) is 36.5 Å². The van der Waals surface area contributed by atoms with E-state index in [0.717, 1.165) is 48.9 Å². The summed E-state index contributed by atoms with van der Waals surface area (Å²) >= 11 is 12.3. The molecule has 3 aromatic rings. The van der Waals surface area contributed by atoms with Gasteiger partial charge in [-0.15, -0.1) is 0 Å². The minimum Gasteiger partial charge on any atom is -0.489 e. The first-order chi connectivity index (χ1) is 14.7. The van der Waals surface area contributed by atoms with Crippen LogP contribution in [0, 0.1) is 0 Å². The Morgan fingerprint density at radius 1 is 0.900 bits per heavy atom. The van der Waals surface area contributed by atoms with Gasteiger partial charge in [0.1, 0.15) is 12.4 Å². The Kier molecular flexibility index (Phi) is 7.00. The van der Waals surface area contributed by atoms with E-state index in [1.807, 2.05) is 42.5 Å². The van der Waals surface area contributed by atoms with Crippen LogP contribution in [-0.2, 0) is 17.9 Å². The molecule has 1 N–H and O–H groups in total. The molecule has 1 heterocycles. The number of anilines is 2. The Morgan fingerprint density at radius 2 is 1.67 bits per heavy atom. The van der Waals surface area contributed by atoms with E-state index in [1.54, 1.807) is 0 Å². The third-order valence-electron chi connectivity index (χ3n) is 5.03. The van der Waals surface area contributed by atoms with Crippen molar-refractivity contribution < 1.29 is 9.47 Å². The molecule has 6 heteroatoms. The molecule has 0 aliphatic carbocycles. The highest BCUT2D eigenvalue weighted by Crippen LogP contribution is 2.26. The first kappa shape index (κ1) is 20.9. The SMILES string of the molecule is Clc1cccc(COc2ccc(Cl)cc2CNc2ccc(N3CCOCC3)cc2)c1. The van der Waals surface area contributed by atoms with Crippen LogP contribution in [0.15, 0.2) is 66.7 Å². The van der Waals surface area contributed by atoms with E-state index in [2.05, 4.69) is 34.5 Å². The zero-order valence-corrected chi connectivity index (χ0v) is 18.1. The Labute approximate surface area is 187 Å². The van der Waals surface area contributed by atoms with Gasteiger partial charge in [0.25, 0.3) is 0 Å². The van der Waals surface area contributed by atoms with Crippen LogP contribution < -0.4 is 15.0 Å². The number of morpholine rings is 1. The summed E-state index contributed by atoms with van der Waals surface area (Å²) in [7, 11) is 0. The molecule has 3 aromatic carbocycles. The lowest BCUT2D eigenvalue weighted by Crippen LogP contribution is -2.36. The summed E-state index contributed by atoms with van der Waals surface area (Å²) in [5.41, 5.74) is 4.29. The summed E-state index contributed by atoms with van der Waals surface area (Å²) in [6.45, 7) is 4.50. The van der Waals surface area contributed by atoms with Crippen molar-refractivity contribution in [1.29, 1.82) is 0 Å². The van der Waals surface area contributed by atoms with Crippen molar-refractivity contribution in [1.82, 2.24) is 0 Å². The lowest BCUT2D eigenvalue weighted by Gasteiger charge is -2.29. The van der Waals surface area contributed by atoms with Crippen molar-refractivity contribution in [2.24, 2.45) is 0 Å². The average molecular weight is 443 g/mol. The fourth-order valence-electron chi connectivity index (χ4n) is 3.42. The highest BCUT2D eigenvalue weighted by atomic mass is 35.5. The molecule has 1 fully saturated rings. The molecule has 0 spiro atoms. The smallest absolute Gasteiger partial charge is 0.124 e. The van der Waals surface area contributed by atoms with Gasteiger partial charge < -0.3 is 19.7 Å². The second kappa shape index (κ2) is 10.1. The minimum absolute atomic E-state index is 0.448. The number of benzene rings is 3. The zero-order valence-electron chi connectivity index (χ0n) is 16.6. The van der Waals surface area contributed by atoms with Gasteiger partial charge in [-0.3, -0.25) is 0 Å². The highest BCUT2D eigenvalue weighted by Gasteiger charge is 2.11. The Balaban J connectivity index is 1.39. The molecule has 4 rings (SSSR count). The van der Waals surface area contributed by atoms with E-state index >= 15 is 0 Å². The van der Waals surface area contributed by atoms with Crippen molar-refractivity contribution in [3.8, 4) is 5.75 Å². The van der Waals surface area contributed by atoms with Gasteiger partial charge in [0.05, 0.1) is 13.2 Å². The molecule has 4 nitrogen and oxygen atoms in total. The van der Waals surface area contributed by atoms with Crippen molar-refractivity contribution in [2.45, 2.75) is 13.2 Å². The molecule has 0 unspecified atom stereocenters. The normalized spacial score (nSPS) is 13.9. The molecule has 1 saturated heterocycles.